The Hall–Kier alpha value is -1.20. The predicted octanol–water partition coefficient (Wildman–Crippen LogP) is 0.282. The maximum absolute atomic E-state index is 13.1. The molecule has 1 aliphatic rings. The summed E-state index contributed by atoms with van der Waals surface area (Å²) in [6.45, 7) is 2.83. The van der Waals surface area contributed by atoms with Gasteiger partial charge in [0.2, 0.25) is 10.0 Å². The Balaban J connectivity index is 2.08. The number of hydrogen-bond acceptors (Lipinski definition) is 3. The van der Waals surface area contributed by atoms with Crippen LogP contribution in [0.15, 0.2) is 23.1 Å². The van der Waals surface area contributed by atoms with Crippen molar-refractivity contribution in [1.29, 1.82) is 5.26 Å². The Morgan fingerprint density at radius 1 is 1.38 bits per heavy atom. The third-order valence-electron chi connectivity index (χ3n) is 3.55. The van der Waals surface area contributed by atoms with Crippen molar-refractivity contribution in [3.8, 4) is 6.07 Å². The Labute approximate surface area is 128 Å². The van der Waals surface area contributed by atoms with Gasteiger partial charge in [0.25, 0.3) is 0 Å². The maximum atomic E-state index is 13.1. The van der Waals surface area contributed by atoms with E-state index in [1.165, 1.54) is 15.3 Å². The topological polar surface area (TPSA) is 65.6 Å². The first-order valence-electron chi connectivity index (χ1n) is 6.61. The van der Waals surface area contributed by atoms with Crippen molar-refractivity contribution < 1.29 is 17.7 Å². The SMILES string of the molecule is N#CCC[NH+]1CCN(S(=O)(=O)c2ccc(F)c(Cl)c2)CC1. The van der Waals surface area contributed by atoms with E-state index in [0.29, 0.717) is 32.6 Å². The van der Waals surface area contributed by atoms with Gasteiger partial charge in [-0.3, -0.25) is 0 Å². The number of nitrogens with zero attached hydrogens (tertiary/aromatic N) is 2. The van der Waals surface area contributed by atoms with Crippen LogP contribution in [0.2, 0.25) is 5.02 Å². The molecular weight excluding hydrogens is 317 g/mol. The summed E-state index contributed by atoms with van der Waals surface area (Å²) in [4.78, 5) is 1.23. The minimum Gasteiger partial charge on any atom is -0.332 e. The molecule has 2 rings (SSSR count). The van der Waals surface area contributed by atoms with Crippen molar-refractivity contribution in [2.45, 2.75) is 11.3 Å². The normalized spacial score (nSPS) is 17.6. The summed E-state index contributed by atoms with van der Waals surface area (Å²) >= 11 is 5.65. The van der Waals surface area contributed by atoms with Crippen LogP contribution in [0.5, 0.6) is 0 Å². The van der Waals surface area contributed by atoms with Crippen molar-refractivity contribution in [2.75, 3.05) is 32.7 Å². The number of nitrogens with one attached hydrogen (secondary N) is 1. The predicted molar refractivity (Wildman–Crippen MR) is 76.0 cm³/mol. The highest BCUT2D eigenvalue weighted by Crippen LogP contribution is 2.22. The van der Waals surface area contributed by atoms with E-state index in [2.05, 4.69) is 6.07 Å². The molecule has 1 aromatic rings. The quantitative estimate of drug-likeness (QED) is 0.861. The van der Waals surface area contributed by atoms with Gasteiger partial charge in [0.05, 0.1) is 55.1 Å². The van der Waals surface area contributed by atoms with Crippen LogP contribution in [-0.4, -0.2) is 45.4 Å². The van der Waals surface area contributed by atoms with Gasteiger partial charge in [-0.1, -0.05) is 11.6 Å². The van der Waals surface area contributed by atoms with Crippen LogP contribution >= 0.6 is 11.6 Å². The lowest BCUT2D eigenvalue weighted by Crippen LogP contribution is -3.14. The molecule has 114 valence electrons. The van der Waals surface area contributed by atoms with E-state index >= 15 is 0 Å². The van der Waals surface area contributed by atoms with Crippen LogP contribution in [0.4, 0.5) is 4.39 Å². The van der Waals surface area contributed by atoms with Crippen LogP contribution in [0.25, 0.3) is 0 Å². The molecule has 1 saturated heterocycles. The van der Waals surface area contributed by atoms with Gasteiger partial charge in [-0.15, -0.1) is 0 Å². The van der Waals surface area contributed by atoms with Gasteiger partial charge in [-0.05, 0) is 18.2 Å². The second-order valence-corrected chi connectivity index (χ2v) is 7.23. The summed E-state index contributed by atoms with van der Waals surface area (Å²) in [6.07, 6.45) is 0.468. The van der Waals surface area contributed by atoms with Crippen molar-refractivity contribution in [2.24, 2.45) is 0 Å². The zero-order chi connectivity index (χ0) is 15.5. The van der Waals surface area contributed by atoms with Crippen LogP contribution in [0.1, 0.15) is 6.42 Å². The molecule has 1 aromatic carbocycles. The first-order valence-corrected chi connectivity index (χ1v) is 8.42. The van der Waals surface area contributed by atoms with Crippen LogP contribution < -0.4 is 4.90 Å². The lowest BCUT2D eigenvalue weighted by atomic mass is 10.3. The van der Waals surface area contributed by atoms with Gasteiger partial charge >= 0.3 is 0 Å². The first-order chi connectivity index (χ1) is 9.95. The number of rotatable bonds is 4. The molecule has 5 nitrogen and oxygen atoms in total. The van der Waals surface area contributed by atoms with Gasteiger partial charge in [0.15, 0.2) is 0 Å². The molecule has 0 unspecified atom stereocenters. The van der Waals surface area contributed by atoms with E-state index in [1.807, 2.05) is 0 Å². The van der Waals surface area contributed by atoms with Gasteiger partial charge in [0, 0.05) is 0 Å². The van der Waals surface area contributed by atoms with Gasteiger partial charge < -0.3 is 4.90 Å². The standard InChI is InChI=1S/C13H15ClFN3O2S/c14-12-10-11(2-3-13(12)15)21(19,20)18-8-6-17(7-9-18)5-1-4-16/h2-3,10H,1,5-9H2/p+1. The highest BCUT2D eigenvalue weighted by atomic mass is 35.5. The zero-order valence-corrected chi connectivity index (χ0v) is 12.9. The molecule has 8 heteroatoms. The Morgan fingerprint density at radius 3 is 2.62 bits per heavy atom. The summed E-state index contributed by atoms with van der Waals surface area (Å²) in [5.74, 6) is -0.638. The molecule has 1 aliphatic heterocycles. The van der Waals surface area contributed by atoms with E-state index in [4.69, 9.17) is 16.9 Å². The molecule has 21 heavy (non-hydrogen) atoms. The summed E-state index contributed by atoms with van der Waals surface area (Å²) in [5.41, 5.74) is 0. The van der Waals surface area contributed by atoms with Crippen LogP contribution in [0.3, 0.4) is 0 Å². The number of halogens is 2. The summed E-state index contributed by atoms with van der Waals surface area (Å²) in [6, 6.07) is 5.52. The molecule has 0 bridgehead atoms. The van der Waals surface area contributed by atoms with E-state index in [9.17, 15) is 12.8 Å². The molecule has 1 heterocycles. The second-order valence-electron chi connectivity index (χ2n) is 4.89. The molecular formula is C13H16ClFN3O2S+. The summed E-state index contributed by atoms with van der Waals surface area (Å²) < 4.78 is 39.4. The van der Waals surface area contributed by atoms with E-state index < -0.39 is 15.8 Å². The molecule has 1 N–H and O–H groups in total. The number of nitriles is 1. The lowest BCUT2D eigenvalue weighted by Gasteiger charge is -2.31. The molecule has 0 saturated carbocycles. The minimum absolute atomic E-state index is 0.00868. The Bertz CT molecular complexity index is 652. The lowest BCUT2D eigenvalue weighted by molar-refractivity contribution is -0.903. The number of quaternary nitrogens is 1. The maximum Gasteiger partial charge on any atom is 0.243 e. The minimum atomic E-state index is -3.64. The average Bonchev–Trinajstić information content (AvgIpc) is 2.48. The van der Waals surface area contributed by atoms with E-state index in [1.54, 1.807) is 0 Å². The van der Waals surface area contributed by atoms with Gasteiger partial charge in [-0.2, -0.15) is 9.57 Å². The van der Waals surface area contributed by atoms with Crippen LogP contribution in [0, 0.1) is 17.1 Å². The van der Waals surface area contributed by atoms with Crippen molar-refractivity contribution in [1.82, 2.24) is 4.31 Å². The fourth-order valence-electron chi connectivity index (χ4n) is 2.31. The molecule has 0 radical (unpaired) electrons. The smallest absolute Gasteiger partial charge is 0.243 e. The van der Waals surface area contributed by atoms with E-state index in [-0.39, 0.29) is 9.92 Å². The molecule has 0 spiro atoms. The molecule has 1 fully saturated rings. The van der Waals surface area contributed by atoms with Crippen molar-refractivity contribution in [3.63, 3.8) is 0 Å². The number of sulfonamides is 1. The third-order valence-corrected chi connectivity index (χ3v) is 5.73. The summed E-state index contributed by atoms with van der Waals surface area (Å²) in [5, 5.41) is 8.36. The average molecular weight is 333 g/mol. The fraction of sp³-hybridized carbons (Fsp3) is 0.462. The first kappa shape index (κ1) is 16.2. The molecule has 0 aliphatic carbocycles. The van der Waals surface area contributed by atoms with Gasteiger partial charge in [0.1, 0.15) is 5.82 Å². The number of piperazine rings is 1. The van der Waals surface area contributed by atoms with E-state index in [0.717, 1.165) is 18.7 Å². The van der Waals surface area contributed by atoms with Crippen molar-refractivity contribution >= 4 is 21.6 Å². The fourth-order valence-corrected chi connectivity index (χ4v) is 4.03. The van der Waals surface area contributed by atoms with Gasteiger partial charge in [-0.25, -0.2) is 12.8 Å². The highest BCUT2D eigenvalue weighted by Gasteiger charge is 2.30. The second kappa shape index (κ2) is 6.71. The largest absolute Gasteiger partial charge is 0.332 e. The Morgan fingerprint density at radius 2 is 2.05 bits per heavy atom. The van der Waals surface area contributed by atoms with Crippen LogP contribution in [-0.2, 0) is 10.0 Å². The monoisotopic (exact) mass is 332 g/mol. The van der Waals surface area contributed by atoms with Crippen molar-refractivity contribution in [3.05, 3.63) is 29.0 Å². The Kier molecular flexibility index (Phi) is 5.17. The molecule has 0 aromatic heterocycles. The summed E-state index contributed by atoms with van der Waals surface area (Å²) in [7, 11) is -3.64. The highest BCUT2D eigenvalue weighted by molar-refractivity contribution is 7.89. The number of benzene rings is 1. The third kappa shape index (κ3) is 3.71. The number of hydrogen-bond donors (Lipinski definition) is 1. The zero-order valence-electron chi connectivity index (χ0n) is 11.3. The molecule has 0 amide bonds. The molecule has 0 atom stereocenters.